The van der Waals surface area contributed by atoms with Crippen molar-refractivity contribution in [3.63, 3.8) is 0 Å². The summed E-state index contributed by atoms with van der Waals surface area (Å²) in [6.45, 7) is 1.88. The molecule has 1 N–H and O–H groups in total. The SMILES string of the molecule is CC(Nc1c(F)cccc1Cl)c1ccco1. The van der Waals surface area contributed by atoms with Gasteiger partial charge in [0.25, 0.3) is 0 Å². The zero-order valence-corrected chi connectivity index (χ0v) is 9.46. The lowest BCUT2D eigenvalue weighted by molar-refractivity contribution is 0.489. The summed E-state index contributed by atoms with van der Waals surface area (Å²) in [4.78, 5) is 0. The van der Waals surface area contributed by atoms with Crippen LogP contribution in [0.4, 0.5) is 10.1 Å². The van der Waals surface area contributed by atoms with Crippen LogP contribution in [-0.4, -0.2) is 0 Å². The summed E-state index contributed by atoms with van der Waals surface area (Å²) in [6.07, 6.45) is 1.58. The molecule has 1 aromatic carbocycles. The maximum Gasteiger partial charge on any atom is 0.147 e. The van der Waals surface area contributed by atoms with Gasteiger partial charge in [-0.1, -0.05) is 17.7 Å². The van der Waals surface area contributed by atoms with E-state index in [1.165, 1.54) is 6.07 Å². The molecule has 0 aliphatic rings. The molecule has 4 heteroatoms. The quantitative estimate of drug-likeness (QED) is 0.867. The molecule has 1 aromatic heterocycles. The smallest absolute Gasteiger partial charge is 0.147 e. The van der Waals surface area contributed by atoms with E-state index in [0.717, 1.165) is 5.76 Å². The van der Waals surface area contributed by atoms with E-state index in [9.17, 15) is 4.39 Å². The molecule has 16 heavy (non-hydrogen) atoms. The average Bonchev–Trinajstić information content (AvgIpc) is 2.76. The number of nitrogens with one attached hydrogen (secondary N) is 1. The van der Waals surface area contributed by atoms with Crippen LogP contribution in [0.3, 0.4) is 0 Å². The third kappa shape index (κ3) is 2.19. The summed E-state index contributed by atoms with van der Waals surface area (Å²) < 4.78 is 18.7. The predicted octanol–water partition coefficient (Wildman–Crippen LogP) is 4.25. The van der Waals surface area contributed by atoms with Gasteiger partial charge < -0.3 is 9.73 Å². The fourth-order valence-electron chi connectivity index (χ4n) is 1.46. The van der Waals surface area contributed by atoms with Gasteiger partial charge in [-0.05, 0) is 31.2 Å². The minimum Gasteiger partial charge on any atom is -0.467 e. The minimum absolute atomic E-state index is 0.135. The van der Waals surface area contributed by atoms with Gasteiger partial charge in [-0.15, -0.1) is 0 Å². The van der Waals surface area contributed by atoms with E-state index in [2.05, 4.69) is 5.32 Å². The summed E-state index contributed by atoms with van der Waals surface area (Å²) >= 11 is 5.90. The van der Waals surface area contributed by atoms with Crippen LogP contribution in [0.1, 0.15) is 18.7 Å². The molecule has 1 heterocycles. The zero-order valence-electron chi connectivity index (χ0n) is 8.71. The number of rotatable bonds is 3. The molecule has 0 aliphatic carbocycles. The second kappa shape index (κ2) is 4.58. The normalized spacial score (nSPS) is 12.4. The Morgan fingerprint density at radius 3 is 2.75 bits per heavy atom. The largest absolute Gasteiger partial charge is 0.467 e. The van der Waals surface area contributed by atoms with Gasteiger partial charge in [0, 0.05) is 0 Å². The maximum absolute atomic E-state index is 13.5. The molecule has 0 saturated heterocycles. The van der Waals surface area contributed by atoms with Crippen molar-refractivity contribution < 1.29 is 8.81 Å². The van der Waals surface area contributed by atoms with E-state index >= 15 is 0 Å². The van der Waals surface area contributed by atoms with Crippen LogP contribution in [0.25, 0.3) is 0 Å². The molecule has 0 spiro atoms. The number of furan rings is 1. The Bertz CT molecular complexity index is 450. The van der Waals surface area contributed by atoms with Gasteiger partial charge in [0.1, 0.15) is 11.6 Å². The molecule has 0 radical (unpaired) electrons. The van der Waals surface area contributed by atoms with Crippen LogP contribution in [0, 0.1) is 5.82 Å². The van der Waals surface area contributed by atoms with Crippen molar-refractivity contribution in [1.29, 1.82) is 0 Å². The highest BCUT2D eigenvalue weighted by Crippen LogP contribution is 2.28. The Balaban J connectivity index is 2.21. The molecular weight excluding hydrogens is 229 g/mol. The van der Waals surface area contributed by atoms with Crippen LogP contribution in [0.2, 0.25) is 5.02 Å². The highest BCUT2D eigenvalue weighted by atomic mass is 35.5. The van der Waals surface area contributed by atoms with Crippen molar-refractivity contribution in [3.05, 3.63) is 53.2 Å². The fourth-order valence-corrected chi connectivity index (χ4v) is 1.68. The topological polar surface area (TPSA) is 25.2 Å². The fraction of sp³-hybridized carbons (Fsp3) is 0.167. The third-order valence-electron chi connectivity index (χ3n) is 2.29. The van der Waals surface area contributed by atoms with Crippen molar-refractivity contribution in [2.75, 3.05) is 5.32 Å². The lowest BCUT2D eigenvalue weighted by Gasteiger charge is -2.14. The number of hydrogen-bond acceptors (Lipinski definition) is 2. The van der Waals surface area contributed by atoms with Crippen LogP contribution < -0.4 is 5.32 Å². The van der Waals surface area contributed by atoms with Gasteiger partial charge in [-0.25, -0.2) is 4.39 Å². The maximum atomic E-state index is 13.5. The molecule has 0 bridgehead atoms. The third-order valence-corrected chi connectivity index (χ3v) is 2.61. The summed E-state index contributed by atoms with van der Waals surface area (Å²) in [5, 5.41) is 3.34. The minimum atomic E-state index is -0.370. The number of benzene rings is 1. The Morgan fingerprint density at radius 2 is 2.12 bits per heavy atom. The molecule has 1 atom stereocenters. The van der Waals surface area contributed by atoms with Crippen LogP contribution >= 0.6 is 11.6 Å². The molecule has 2 aromatic rings. The highest BCUT2D eigenvalue weighted by Gasteiger charge is 2.12. The van der Waals surface area contributed by atoms with Crippen molar-refractivity contribution in [2.24, 2.45) is 0 Å². The Labute approximate surface area is 98.0 Å². The average molecular weight is 240 g/mol. The molecule has 0 amide bonds. The van der Waals surface area contributed by atoms with E-state index in [-0.39, 0.29) is 11.9 Å². The lowest BCUT2D eigenvalue weighted by atomic mass is 10.2. The van der Waals surface area contributed by atoms with Crippen molar-refractivity contribution in [2.45, 2.75) is 13.0 Å². The molecule has 84 valence electrons. The molecular formula is C12H11ClFNO. The van der Waals surface area contributed by atoms with Crippen LogP contribution in [0.5, 0.6) is 0 Å². The van der Waals surface area contributed by atoms with E-state index in [1.807, 2.05) is 13.0 Å². The molecule has 1 unspecified atom stereocenters. The number of halogens is 2. The highest BCUT2D eigenvalue weighted by molar-refractivity contribution is 6.33. The Kier molecular flexibility index (Phi) is 3.15. The number of hydrogen-bond donors (Lipinski definition) is 1. The molecule has 2 rings (SSSR count). The first-order chi connectivity index (χ1) is 7.68. The standard InChI is InChI=1S/C12H11ClFNO/c1-8(11-6-3-7-16-11)15-12-9(13)4-2-5-10(12)14/h2-8,15H,1H3. The summed E-state index contributed by atoms with van der Waals surface area (Å²) in [6, 6.07) is 8.05. The lowest BCUT2D eigenvalue weighted by Crippen LogP contribution is -2.07. The van der Waals surface area contributed by atoms with E-state index in [4.69, 9.17) is 16.0 Å². The van der Waals surface area contributed by atoms with Crippen molar-refractivity contribution >= 4 is 17.3 Å². The number of anilines is 1. The van der Waals surface area contributed by atoms with Crippen molar-refractivity contribution in [1.82, 2.24) is 0 Å². The van der Waals surface area contributed by atoms with Crippen LogP contribution in [0.15, 0.2) is 41.0 Å². The molecule has 2 nitrogen and oxygen atoms in total. The van der Waals surface area contributed by atoms with Gasteiger partial charge in [-0.3, -0.25) is 0 Å². The molecule has 0 fully saturated rings. The number of para-hydroxylation sites is 1. The van der Waals surface area contributed by atoms with E-state index < -0.39 is 0 Å². The van der Waals surface area contributed by atoms with Gasteiger partial charge in [0.05, 0.1) is 23.0 Å². The first-order valence-electron chi connectivity index (χ1n) is 4.92. The van der Waals surface area contributed by atoms with Crippen molar-refractivity contribution in [3.8, 4) is 0 Å². The second-order valence-corrected chi connectivity index (χ2v) is 3.89. The monoisotopic (exact) mass is 239 g/mol. The summed E-state index contributed by atoms with van der Waals surface area (Å²) in [5.41, 5.74) is 0.299. The summed E-state index contributed by atoms with van der Waals surface area (Å²) in [7, 11) is 0. The van der Waals surface area contributed by atoms with Crippen LogP contribution in [-0.2, 0) is 0 Å². The molecule has 0 aliphatic heterocycles. The van der Waals surface area contributed by atoms with Gasteiger partial charge in [-0.2, -0.15) is 0 Å². The van der Waals surface area contributed by atoms with E-state index in [0.29, 0.717) is 10.7 Å². The van der Waals surface area contributed by atoms with Gasteiger partial charge in [0.15, 0.2) is 0 Å². The summed E-state index contributed by atoms with van der Waals surface area (Å²) in [5.74, 6) is 0.366. The predicted molar refractivity (Wildman–Crippen MR) is 62.2 cm³/mol. The zero-order chi connectivity index (χ0) is 11.5. The van der Waals surface area contributed by atoms with Gasteiger partial charge >= 0.3 is 0 Å². The first kappa shape index (κ1) is 11.0. The second-order valence-electron chi connectivity index (χ2n) is 3.48. The first-order valence-corrected chi connectivity index (χ1v) is 5.30. The van der Waals surface area contributed by atoms with E-state index in [1.54, 1.807) is 24.5 Å². The van der Waals surface area contributed by atoms with Gasteiger partial charge in [0.2, 0.25) is 0 Å². The Morgan fingerprint density at radius 1 is 1.31 bits per heavy atom. The Hall–Kier alpha value is -1.48. The molecule has 0 saturated carbocycles.